The molecule has 0 aliphatic carbocycles. The fraction of sp³-hybridized carbons (Fsp3) is 0.0833. The highest BCUT2D eigenvalue weighted by Crippen LogP contribution is 2.25. The summed E-state index contributed by atoms with van der Waals surface area (Å²) in [5.41, 5.74) is 6.56. The third kappa shape index (κ3) is 1.79. The normalized spacial score (nSPS) is 11.1. The highest BCUT2D eigenvalue weighted by molar-refractivity contribution is 5.64. The van der Waals surface area contributed by atoms with Crippen LogP contribution in [-0.2, 0) is 0 Å². The number of fused-ring (bicyclic) bond motifs is 1. The molecule has 0 radical (unpaired) electrons. The van der Waals surface area contributed by atoms with Crippen LogP contribution in [0.3, 0.4) is 0 Å². The third-order valence-electron chi connectivity index (χ3n) is 2.72. The molecule has 0 bridgehead atoms. The zero-order valence-electron chi connectivity index (χ0n) is 9.93. The Balaban J connectivity index is 2.30. The van der Waals surface area contributed by atoms with E-state index in [-0.39, 0.29) is 17.1 Å². The van der Waals surface area contributed by atoms with Crippen molar-refractivity contribution < 1.29 is 8.78 Å². The minimum atomic E-state index is -0.806. The number of anilines is 1. The zero-order valence-corrected chi connectivity index (χ0v) is 9.93. The molecule has 2 N–H and O–H groups in total. The lowest BCUT2D eigenvalue weighted by Gasteiger charge is -2.04. The number of benzene rings is 1. The quantitative estimate of drug-likeness (QED) is 0.680. The lowest BCUT2D eigenvalue weighted by molar-refractivity contribution is 0.587. The first kappa shape index (κ1) is 11.5. The Bertz CT molecular complexity index is 781. The van der Waals surface area contributed by atoms with Crippen molar-refractivity contribution >= 4 is 11.3 Å². The second kappa shape index (κ2) is 3.98. The Hall–Kier alpha value is -2.57. The van der Waals surface area contributed by atoms with Gasteiger partial charge in [0.2, 0.25) is 0 Å². The minimum absolute atomic E-state index is 0.0597. The Labute approximate surface area is 106 Å². The summed E-state index contributed by atoms with van der Waals surface area (Å²) in [5.74, 6) is -1.38. The van der Waals surface area contributed by atoms with Crippen LogP contribution in [0.2, 0.25) is 0 Å². The van der Waals surface area contributed by atoms with Crippen molar-refractivity contribution in [3.8, 4) is 11.4 Å². The first-order valence-electron chi connectivity index (χ1n) is 5.50. The van der Waals surface area contributed by atoms with Crippen LogP contribution in [-0.4, -0.2) is 19.8 Å². The molecule has 0 saturated heterocycles. The average Bonchev–Trinajstić information content (AvgIpc) is 2.76. The van der Waals surface area contributed by atoms with Crippen LogP contribution in [0.25, 0.3) is 17.0 Å². The fourth-order valence-corrected chi connectivity index (χ4v) is 1.79. The zero-order chi connectivity index (χ0) is 13.6. The molecular weight excluding hydrogens is 252 g/mol. The summed E-state index contributed by atoms with van der Waals surface area (Å²) in [6, 6.07) is 5.39. The lowest BCUT2D eigenvalue weighted by atomic mass is 10.1. The molecule has 96 valence electrons. The Morgan fingerprint density at radius 2 is 1.89 bits per heavy atom. The van der Waals surface area contributed by atoms with Crippen LogP contribution in [0.15, 0.2) is 24.3 Å². The second-order valence-electron chi connectivity index (χ2n) is 4.12. The maximum absolute atomic E-state index is 13.8. The summed E-state index contributed by atoms with van der Waals surface area (Å²) in [6.07, 6.45) is 0. The SMILES string of the molecule is Cc1ccc2nnc(-c3cc(N)c(F)cc3F)n2n1. The van der Waals surface area contributed by atoms with E-state index >= 15 is 0 Å². The Morgan fingerprint density at radius 1 is 1.11 bits per heavy atom. The average molecular weight is 261 g/mol. The molecule has 3 rings (SSSR count). The van der Waals surface area contributed by atoms with E-state index in [1.165, 1.54) is 10.6 Å². The van der Waals surface area contributed by atoms with E-state index in [2.05, 4.69) is 15.3 Å². The second-order valence-corrected chi connectivity index (χ2v) is 4.12. The first-order valence-corrected chi connectivity index (χ1v) is 5.50. The number of aryl methyl sites for hydroxylation is 1. The van der Waals surface area contributed by atoms with Crippen LogP contribution in [0.5, 0.6) is 0 Å². The molecular formula is C12H9F2N5. The van der Waals surface area contributed by atoms with Crippen LogP contribution in [0, 0.1) is 18.6 Å². The summed E-state index contributed by atoms with van der Waals surface area (Å²) < 4.78 is 28.4. The van der Waals surface area contributed by atoms with Gasteiger partial charge in [-0.3, -0.25) is 0 Å². The molecule has 2 heterocycles. The molecule has 5 nitrogen and oxygen atoms in total. The van der Waals surface area contributed by atoms with E-state index in [4.69, 9.17) is 5.73 Å². The fourth-order valence-electron chi connectivity index (χ4n) is 1.79. The summed E-state index contributed by atoms with van der Waals surface area (Å²) in [4.78, 5) is 0. The van der Waals surface area contributed by atoms with Crippen molar-refractivity contribution in [2.45, 2.75) is 6.92 Å². The monoisotopic (exact) mass is 261 g/mol. The molecule has 1 aromatic carbocycles. The van der Waals surface area contributed by atoms with Gasteiger partial charge in [-0.05, 0) is 25.1 Å². The first-order chi connectivity index (χ1) is 9.06. The Morgan fingerprint density at radius 3 is 2.68 bits per heavy atom. The van der Waals surface area contributed by atoms with E-state index in [0.717, 1.165) is 11.8 Å². The number of aromatic nitrogens is 4. The van der Waals surface area contributed by atoms with Crippen molar-refractivity contribution in [3.05, 3.63) is 41.6 Å². The molecule has 0 fully saturated rings. The molecule has 0 aliphatic heterocycles. The van der Waals surface area contributed by atoms with E-state index in [1.54, 1.807) is 19.1 Å². The number of nitrogen functional groups attached to an aromatic ring is 1. The van der Waals surface area contributed by atoms with Crippen molar-refractivity contribution in [2.24, 2.45) is 0 Å². The highest BCUT2D eigenvalue weighted by atomic mass is 19.1. The van der Waals surface area contributed by atoms with Gasteiger partial charge in [0.1, 0.15) is 11.6 Å². The number of hydrogen-bond acceptors (Lipinski definition) is 4. The summed E-state index contributed by atoms with van der Waals surface area (Å²) in [7, 11) is 0. The van der Waals surface area contributed by atoms with Crippen LogP contribution >= 0.6 is 0 Å². The molecule has 0 unspecified atom stereocenters. The summed E-state index contributed by atoms with van der Waals surface area (Å²) in [6.45, 7) is 1.79. The van der Waals surface area contributed by atoms with Crippen molar-refractivity contribution in [1.29, 1.82) is 0 Å². The van der Waals surface area contributed by atoms with Gasteiger partial charge < -0.3 is 5.73 Å². The van der Waals surface area contributed by atoms with Crippen molar-refractivity contribution in [2.75, 3.05) is 5.73 Å². The van der Waals surface area contributed by atoms with Crippen LogP contribution < -0.4 is 5.73 Å². The predicted octanol–water partition coefficient (Wildman–Crippen LogP) is 1.96. The van der Waals surface area contributed by atoms with Gasteiger partial charge in [0.05, 0.1) is 16.9 Å². The predicted molar refractivity (Wildman–Crippen MR) is 65.3 cm³/mol. The molecule has 0 atom stereocenters. The maximum atomic E-state index is 13.8. The van der Waals surface area contributed by atoms with Gasteiger partial charge in [-0.2, -0.15) is 9.61 Å². The van der Waals surface area contributed by atoms with Crippen molar-refractivity contribution in [3.63, 3.8) is 0 Å². The smallest absolute Gasteiger partial charge is 0.188 e. The molecule has 0 aliphatic rings. The standard InChI is InChI=1S/C12H9F2N5/c1-6-2-3-11-16-17-12(19(11)18-6)7-4-10(15)9(14)5-8(7)13/h2-5H,15H2,1H3. The van der Waals surface area contributed by atoms with E-state index in [1.807, 2.05) is 0 Å². The minimum Gasteiger partial charge on any atom is -0.396 e. The number of nitrogens with two attached hydrogens (primary N) is 1. The lowest BCUT2D eigenvalue weighted by Crippen LogP contribution is -2.00. The van der Waals surface area contributed by atoms with Gasteiger partial charge in [-0.25, -0.2) is 8.78 Å². The van der Waals surface area contributed by atoms with Gasteiger partial charge in [0, 0.05) is 6.07 Å². The van der Waals surface area contributed by atoms with Gasteiger partial charge >= 0.3 is 0 Å². The molecule has 0 spiro atoms. The number of nitrogens with zero attached hydrogens (tertiary/aromatic N) is 4. The summed E-state index contributed by atoms with van der Waals surface area (Å²) >= 11 is 0. The molecule has 7 heteroatoms. The molecule has 19 heavy (non-hydrogen) atoms. The van der Waals surface area contributed by atoms with Gasteiger partial charge in [-0.1, -0.05) is 0 Å². The molecule has 3 aromatic rings. The number of hydrogen-bond donors (Lipinski definition) is 1. The van der Waals surface area contributed by atoms with E-state index in [0.29, 0.717) is 5.65 Å². The number of halogens is 2. The van der Waals surface area contributed by atoms with E-state index in [9.17, 15) is 8.78 Å². The summed E-state index contributed by atoms with van der Waals surface area (Å²) in [5, 5.41) is 11.9. The molecule has 0 saturated carbocycles. The Kier molecular flexibility index (Phi) is 2.41. The maximum Gasteiger partial charge on any atom is 0.188 e. The molecule has 2 aromatic heterocycles. The van der Waals surface area contributed by atoms with E-state index < -0.39 is 11.6 Å². The van der Waals surface area contributed by atoms with Gasteiger partial charge in [-0.15, -0.1) is 10.2 Å². The van der Waals surface area contributed by atoms with Crippen LogP contribution in [0.4, 0.5) is 14.5 Å². The largest absolute Gasteiger partial charge is 0.396 e. The van der Waals surface area contributed by atoms with Gasteiger partial charge in [0.25, 0.3) is 0 Å². The number of rotatable bonds is 1. The van der Waals surface area contributed by atoms with Gasteiger partial charge in [0.15, 0.2) is 11.5 Å². The van der Waals surface area contributed by atoms with Crippen LogP contribution in [0.1, 0.15) is 5.69 Å². The topological polar surface area (TPSA) is 69.1 Å². The molecule has 0 amide bonds. The van der Waals surface area contributed by atoms with Crippen molar-refractivity contribution in [1.82, 2.24) is 19.8 Å². The highest BCUT2D eigenvalue weighted by Gasteiger charge is 2.16. The third-order valence-corrected chi connectivity index (χ3v) is 2.72.